The second kappa shape index (κ2) is 11.6. The number of benzene rings is 1. The molecule has 1 fully saturated rings. The molecule has 1 saturated carbocycles. The number of aliphatic hydroxyl groups excluding tert-OH is 1. The maximum atomic E-state index is 12.6. The van der Waals surface area contributed by atoms with Crippen LogP contribution in [0.4, 0.5) is 0 Å². The van der Waals surface area contributed by atoms with Gasteiger partial charge in [0.05, 0.1) is 29.1 Å². The second-order valence-corrected chi connectivity index (χ2v) is 11.3. The lowest BCUT2D eigenvalue weighted by molar-refractivity contribution is 0.253. The summed E-state index contributed by atoms with van der Waals surface area (Å²) < 4.78 is 20.1. The number of aryl methyl sites for hydroxylation is 1. The second-order valence-electron chi connectivity index (χ2n) is 8.25. The van der Waals surface area contributed by atoms with E-state index in [1.165, 1.54) is 11.8 Å². The van der Waals surface area contributed by atoms with Crippen molar-refractivity contribution in [2.45, 2.75) is 42.4 Å². The fourth-order valence-corrected chi connectivity index (χ4v) is 6.64. The minimum atomic E-state index is -0.930. The lowest BCUT2D eigenvalue weighted by Gasteiger charge is -2.24. The zero-order valence-corrected chi connectivity index (χ0v) is 20.8. The molecule has 1 aromatic carbocycles. The van der Waals surface area contributed by atoms with E-state index < -0.39 is 10.8 Å². The summed E-state index contributed by atoms with van der Waals surface area (Å²) in [4.78, 5) is 4.81. The number of pyridine rings is 1. The molecule has 0 aliphatic heterocycles. The van der Waals surface area contributed by atoms with Crippen LogP contribution in [0.3, 0.4) is 0 Å². The first-order chi connectivity index (χ1) is 16.6. The number of hydrogen-bond donors (Lipinski definition) is 1. The molecule has 1 atom stereocenters. The van der Waals surface area contributed by atoms with Crippen molar-refractivity contribution >= 4 is 22.6 Å². The van der Waals surface area contributed by atoms with Gasteiger partial charge in [-0.3, -0.25) is 8.89 Å². The molecule has 9 heteroatoms. The Bertz CT molecular complexity index is 1180. The Hall–Kier alpha value is -2.67. The maximum Gasteiger partial charge on any atom is 0.119 e. The zero-order valence-electron chi connectivity index (χ0n) is 19.1. The standard InChI is InChI=1S/C25H28N4O3S2/c1-29-16-19(15-27-29)22-13-24(18-7-9-20(10-8-18)32-12-3-2-11-30)28-25(23(22)14-26)33-17-34(31)21-5-4-6-21/h7-10,13,15-16,21,30H,2-6,11-12,17H2,1H3. The third-order valence-electron chi connectivity index (χ3n) is 5.82. The highest BCUT2D eigenvalue weighted by Crippen LogP contribution is 2.36. The Morgan fingerprint density at radius 2 is 2.06 bits per heavy atom. The van der Waals surface area contributed by atoms with E-state index in [-0.39, 0.29) is 11.9 Å². The van der Waals surface area contributed by atoms with Crippen molar-refractivity contribution in [2.75, 3.05) is 18.3 Å². The van der Waals surface area contributed by atoms with Crippen molar-refractivity contribution in [3.05, 3.63) is 48.3 Å². The van der Waals surface area contributed by atoms with E-state index in [2.05, 4.69) is 11.2 Å². The highest BCUT2D eigenvalue weighted by atomic mass is 32.2. The van der Waals surface area contributed by atoms with Gasteiger partial charge in [0.1, 0.15) is 16.8 Å². The first-order valence-electron chi connectivity index (χ1n) is 11.4. The number of nitriles is 1. The van der Waals surface area contributed by atoms with E-state index in [9.17, 15) is 9.47 Å². The molecule has 34 heavy (non-hydrogen) atoms. The maximum absolute atomic E-state index is 12.6. The van der Waals surface area contributed by atoms with Crippen LogP contribution in [0.25, 0.3) is 22.4 Å². The summed E-state index contributed by atoms with van der Waals surface area (Å²) in [7, 11) is 0.912. The Morgan fingerprint density at radius 1 is 1.26 bits per heavy atom. The fraction of sp³-hybridized carbons (Fsp3) is 0.400. The number of ether oxygens (including phenoxy) is 1. The predicted octanol–water partition coefficient (Wildman–Crippen LogP) is 4.52. The van der Waals surface area contributed by atoms with Gasteiger partial charge in [0, 0.05) is 52.6 Å². The van der Waals surface area contributed by atoms with Gasteiger partial charge >= 0.3 is 0 Å². The van der Waals surface area contributed by atoms with Crippen molar-refractivity contribution in [1.29, 1.82) is 5.26 Å². The quantitative estimate of drug-likeness (QED) is 0.308. The zero-order chi connectivity index (χ0) is 23.9. The first kappa shape index (κ1) is 24.5. The van der Waals surface area contributed by atoms with Gasteiger partial charge in [-0.2, -0.15) is 10.4 Å². The van der Waals surface area contributed by atoms with Crippen LogP contribution in [-0.4, -0.2) is 47.6 Å². The van der Waals surface area contributed by atoms with Gasteiger partial charge in [-0.1, -0.05) is 18.2 Å². The molecule has 0 amide bonds. The van der Waals surface area contributed by atoms with Crippen molar-refractivity contribution in [1.82, 2.24) is 14.8 Å². The Morgan fingerprint density at radius 3 is 2.68 bits per heavy atom. The third kappa shape index (κ3) is 5.87. The molecule has 3 aromatic rings. The van der Waals surface area contributed by atoms with Crippen LogP contribution in [-0.2, 0) is 17.8 Å². The van der Waals surface area contributed by atoms with E-state index in [1.807, 2.05) is 43.6 Å². The summed E-state index contributed by atoms with van der Waals surface area (Å²) in [5.41, 5.74) is 3.73. The molecular weight excluding hydrogens is 468 g/mol. The van der Waals surface area contributed by atoms with Gasteiger partial charge < -0.3 is 9.84 Å². The summed E-state index contributed by atoms with van der Waals surface area (Å²) in [6.45, 7) is 0.722. The first-order valence-corrected chi connectivity index (χ1v) is 13.7. The molecule has 1 unspecified atom stereocenters. The summed E-state index contributed by atoms with van der Waals surface area (Å²) in [5.74, 6) is 0.758. The van der Waals surface area contributed by atoms with Gasteiger partial charge in [0.2, 0.25) is 0 Å². The van der Waals surface area contributed by atoms with Crippen LogP contribution in [0.15, 0.2) is 47.8 Å². The largest absolute Gasteiger partial charge is 0.494 e. The molecule has 0 saturated heterocycles. The highest BCUT2D eigenvalue weighted by molar-refractivity contribution is 8.10. The van der Waals surface area contributed by atoms with Crippen LogP contribution < -0.4 is 4.74 Å². The van der Waals surface area contributed by atoms with Crippen LogP contribution in [0.1, 0.15) is 37.7 Å². The number of thioether (sulfide) groups is 1. The van der Waals surface area contributed by atoms with Gasteiger partial charge in [0.15, 0.2) is 0 Å². The smallest absolute Gasteiger partial charge is 0.119 e. The van der Waals surface area contributed by atoms with E-state index >= 15 is 0 Å². The van der Waals surface area contributed by atoms with E-state index in [4.69, 9.17) is 14.8 Å². The predicted molar refractivity (Wildman–Crippen MR) is 135 cm³/mol. The Labute approximate surface area is 206 Å². The number of unbranched alkanes of at least 4 members (excludes halogenated alkanes) is 1. The van der Waals surface area contributed by atoms with Crippen LogP contribution in [0.2, 0.25) is 0 Å². The SMILES string of the molecule is Cn1cc(-c2cc(-c3ccc(OCCCCO)cc3)nc(SCS(=O)C3CCC3)c2C#N)cn1. The number of rotatable bonds is 11. The average Bonchev–Trinajstić information content (AvgIpc) is 3.25. The summed E-state index contributed by atoms with van der Waals surface area (Å²) in [6, 6.07) is 11.9. The van der Waals surface area contributed by atoms with Crippen molar-refractivity contribution in [2.24, 2.45) is 7.05 Å². The van der Waals surface area contributed by atoms with Gasteiger partial charge in [-0.25, -0.2) is 4.98 Å². The lowest BCUT2D eigenvalue weighted by Crippen LogP contribution is -2.24. The van der Waals surface area contributed by atoms with Crippen LogP contribution in [0.5, 0.6) is 5.75 Å². The number of hydrogen-bond acceptors (Lipinski definition) is 7. The number of nitrogens with zero attached hydrogens (tertiary/aromatic N) is 4. The third-order valence-corrected chi connectivity index (χ3v) is 9.01. The molecule has 1 aliphatic rings. The number of aromatic nitrogens is 3. The van der Waals surface area contributed by atoms with Gasteiger partial charge in [-0.15, -0.1) is 0 Å². The lowest BCUT2D eigenvalue weighted by atomic mass is 10.0. The van der Waals surface area contributed by atoms with Crippen molar-refractivity contribution in [3.63, 3.8) is 0 Å². The van der Waals surface area contributed by atoms with E-state index in [0.717, 1.165) is 60.2 Å². The minimum absolute atomic E-state index is 0.167. The average molecular weight is 497 g/mol. The molecule has 4 rings (SSSR count). The monoisotopic (exact) mass is 496 g/mol. The molecule has 0 radical (unpaired) electrons. The minimum Gasteiger partial charge on any atom is -0.494 e. The molecule has 178 valence electrons. The molecule has 2 aromatic heterocycles. The molecule has 2 heterocycles. The summed E-state index contributed by atoms with van der Waals surface area (Å²) in [5, 5.41) is 24.4. The number of aliphatic hydroxyl groups is 1. The fourth-order valence-electron chi connectivity index (χ4n) is 3.64. The molecule has 0 spiro atoms. The van der Waals surface area contributed by atoms with Crippen molar-refractivity contribution in [3.8, 4) is 34.2 Å². The van der Waals surface area contributed by atoms with Crippen LogP contribution >= 0.6 is 11.8 Å². The highest BCUT2D eigenvalue weighted by Gasteiger charge is 2.25. The van der Waals surface area contributed by atoms with E-state index in [1.54, 1.807) is 10.9 Å². The molecule has 1 aliphatic carbocycles. The van der Waals surface area contributed by atoms with E-state index in [0.29, 0.717) is 22.3 Å². The Kier molecular flexibility index (Phi) is 8.38. The summed E-state index contributed by atoms with van der Waals surface area (Å²) >= 11 is 1.39. The molecule has 1 N–H and O–H groups in total. The van der Waals surface area contributed by atoms with Crippen LogP contribution in [0, 0.1) is 11.3 Å². The molecule has 0 bridgehead atoms. The normalized spacial score (nSPS) is 14.4. The molecule has 7 nitrogen and oxygen atoms in total. The molecular formula is C25H28N4O3S2. The summed E-state index contributed by atoms with van der Waals surface area (Å²) in [6.07, 6.45) is 8.31. The van der Waals surface area contributed by atoms with Gasteiger partial charge in [-0.05, 0) is 56.0 Å². The topological polar surface area (TPSA) is 101 Å². The van der Waals surface area contributed by atoms with Crippen molar-refractivity contribution < 1.29 is 14.1 Å². The Balaban J connectivity index is 1.63. The van der Waals surface area contributed by atoms with Gasteiger partial charge in [0.25, 0.3) is 0 Å².